The highest BCUT2D eigenvalue weighted by Gasteiger charge is 2.26. The van der Waals surface area contributed by atoms with Gasteiger partial charge >= 0.3 is 0 Å². The summed E-state index contributed by atoms with van der Waals surface area (Å²) in [6.45, 7) is 7.46. The maximum atomic E-state index is 6.19. The predicted molar refractivity (Wildman–Crippen MR) is 76.2 cm³/mol. The van der Waals surface area contributed by atoms with Crippen LogP contribution in [0.2, 0.25) is 10.2 Å². The molecule has 1 aliphatic rings. The minimum Gasteiger partial charge on any atom is -0.298 e. The van der Waals surface area contributed by atoms with Crippen LogP contribution in [0.15, 0.2) is 12.3 Å². The summed E-state index contributed by atoms with van der Waals surface area (Å²) in [6.07, 6.45) is 1.78. The molecule has 2 atom stereocenters. The van der Waals surface area contributed by atoms with Gasteiger partial charge in [0.05, 0.1) is 0 Å². The zero-order chi connectivity index (χ0) is 13.3. The average molecular weight is 288 g/mol. The molecule has 100 valence electrons. The second-order valence-electron chi connectivity index (χ2n) is 5.16. The van der Waals surface area contributed by atoms with Crippen molar-refractivity contribution in [3.05, 3.63) is 28.0 Å². The molecule has 2 unspecified atom stereocenters. The first-order valence-electron chi connectivity index (χ1n) is 6.21. The summed E-state index contributed by atoms with van der Waals surface area (Å²) < 4.78 is 0. The fraction of sp³-hybridized carbons (Fsp3) is 0.615. The summed E-state index contributed by atoms with van der Waals surface area (Å²) >= 11 is 12.0. The number of nitrogens with zero attached hydrogens (tertiary/aromatic N) is 3. The lowest BCUT2D eigenvalue weighted by Gasteiger charge is -2.42. The minimum atomic E-state index is 0.448. The van der Waals surface area contributed by atoms with E-state index in [2.05, 4.69) is 35.7 Å². The number of halogens is 2. The highest BCUT2D eigenvalue weighted by Crippen LogP contribution is 2.22. The van der Waals surface area contributed by atoms with Crippen molar-refractivity contribution in [3.63, 3.8) is 0 Å². The number of likely N-dealkylation sites (N-methyl/N-ethyl adjacent to an activating group) is 1. The van der Waals surface area contributed by atoms with Crippen LogP contribution in [0.5, 0.6) is 0 Å². The van der Waals surface area contributed by atoms with Gasteiger partial charge in [-0.1, -0.05) is 23.2 Å². The molecule has 0 radical (unpaired) electrons. The standard InChI is InChI=1S/C13H19Cl2N3/c1-9-6-18(7-10(2)17(9)3)8-11-5-16-13(15)4-12(11)14/h4-5,9-10H,6-8H2,1-3H3. The summed E-state index contributed by atoms with van der Waals surface area (Å²) in [5, 5.41) is 1.15. The van der Waals surface area contributed by atoms with E-state index >= 15 is 0 Å². The van der Waals surface area contributed by atoms with E-state index in [1.54, 1.807) is 12.3 Å². The van der Waals surface area contributed by atoms with Crippen molar-refractivity contribution in [2.75, 3.05) is 20.1 Å². The van der Waals surface area contributed by atoms with E-state index in [4.69, 9.17) is 23.2 Å². The van der Waals surface area contributed by atoms with Crippen LogP contribution in [0.4, 0.5) is 0 Å². The zero-order valence-corrected chi connectivity index (χ0v) is 12.5. The summed E-state index contributed by atoms with van der Waals surface area (Å²) in [6, 6.07) is 2.84. The first-order chi connectivity index (χ1) is 8.47. The Balaban J connectivity index is 2.05. The number of piperazine rings is 1. The van der Waals surface area contributed by atoms with Crippen LogP contribution >= 0.6 is 23.2 Å². The Morgan fingerprint density at radius 2 is 1.89 bits per heavy atom. The van der Waals surface area contributed by atoms with Gasteiger partial charge in [-0.2, -0.15) is 0 Å². The molecule has 0 amide bonds. The van der Waals surface area contributed by atoms with Crippen molar-refractivity contribution in [1.82, 2.24) is 14.8 Å². The van der Waals surface area contributed by atoms with Gasteiger partial charge in [0, 0.05) is 48.5 Å². The van der Waals surface area contributed by atoms with E-state index in [0.29, 0.717) is 22.3 Å². The molecule has 1 aromatic heterocycles. The van der Waals surface area contributed by atoms with Gasteiger partial charge in [0.15, 0.2) is 0 Å². The molecule has 0 spiro atoms. The lowest BCUT2D eigenvalue weighted by atomic mass is 10.1. The van der Waals surface area contributed by atoms with E-state index < -0.39 is 0 Å². The third-order valence-corrected chi connectivity index (χ3v) is 4.28. The van der Waals surface area contributed by atoms with E-state index in [9.17, 15) is 0 Å². The fourth-order valence-corrected chi connectivity index (χ4v) is 2.86. The molecule has 0 N–H and O–H groups in total. The molecule has 1 aliphatic heterocycles. The molecule has 0 aromatic carbocycles. The van der Waals surface area contributed by atoms with Crippen LogP contribution in [0.1, 0.15) is 19.4 Å². The van der Waals surface area contributed by atoms with Crippen molar-refractivity contribution in [1.29, 1.82) is 0 Å². The maximum absolute atomic E-state index is 6.19. The predicted octanol–water partition coefficient (Wildman–Crippen LogP) is 2.91. The lowest BCUT2D eigenvalue weighted by Crippen LogP contribution is -2.54. The third kappa shape index (κ3) is 3.15. The zero-order valence-electron chi connectivity index (χ0n) is 11.0. The largest absolute Gasteiger partial charge is 0.298 e. The van der Waals surface area contributed by atoms with Gasteiger partial charge in [0.25, 0.3) is 0 Å². The monoisotopic (exact) mass is 287 g/mol. The number of hydrogen-bond acceptors (Lipinski definition) is 3. The molecular formula is C13H19Cl2N3. The van der Waals surface area contributed by atoms with Crippen LogP contribution in [-0.2, 0) is 6.54 Å². The summed E-state index contributed by atoms with van der Waals surface area (Å²) in [4.78, 5) is 8.94. The van der Waals surface area contributed by atoms with E-state index in [1.807, 2.05) is 0 Å². The average Bonchev–Trinajstić information content (AvgIpc) is 2.29. The molecule has 0 bridgehead atoms. The SMILES string of the molecule is CC1CN(Cc2cnc(Cl)cc2Cl)CC(C)N1C. The molecule has 2 rings (SSSR count). The molecule has 0 saturated carbocycles. The quantitative estimate of drug-likeness (QED) is 0.780. The third-order valence-electron chi connectivity index (χ3n) is 3.73. The van der Waals surface area contributed by atoms with Crippen LogP contribution in [0.3, 0.4) is 0 Å². The molecule has 5 heteroatoms. The summed E-state index contributed by atoms with van der Waals surface area (Å²) in [5.41, 5.74) is 1.05. The van der Waals surface area contributed by atoms with E-state index in [1.165, 1.54) is 0 Å². The van der Waals surface area contributed by atoms with Gasteiger partial charge in [-0.3, -0.25) is 9.80 Å². The van der Waals surface area contributed by atoms with Gasteiger partial charge in [-0.05, 0) is 27.0 Å². The molecule has 0 aliphatic carbocycles. The number of hydrogen-bond donors (Lipinski definition) is 0. The Morgan fingerprint density at radius 1 is 1.28 bits per heavy atom. The first kappa shape index (κ1) is 14.1. The van der Waals surface area contributed by atoms with Gasteiger partial charge < -0.3 is 0 Å². The lowest BCUT2D eigenvalue weighted by molar-refractivity contribution is 0.0556. The molecular weight excluding hydrogens is 269 g/mol. The number of rotatable bonds is 2. The molecule has 3 nitrogen and oxygen atoms in total. The second kappa shape index (κ2) is 5.74. The summed E-state index contributed by atoms with van der Waals surface area (Å²) in [7, 11) is 2.18. The first-order valence-corrected chi connectivity index (χ1v) is 6.97. The molecule has 1 aromatic rings. The maximum Gasteiger partial charge on any atom is 0.130 e. The Labute approximate surface area is 119 Å². The van der Waals surface area contributed by atoms with Crippen LogP contribution in [0.25, 0.3) is 0 Å². The Kier molecular flexibility index (Phi) is 4.49. The number of aromatic nitrogens is 1. The van der Waals surface area contributed by atoms with Gasteiger partial charge in [0.2, 0.25) is 0 Å². The van der Waals surface area contributed by atoms with E-state index in [0.717, 1.165) is 25.2 Å². The van der Waals surface area contributed by atoms with Crippen LogP contribution in [0, 0.1) is 0 Å². The Morgan fingerprint density at radius 3 is 2.44 bits per heavy atom. The van der Waals surface area contributed by atoms with Crippen LogP contribution < -0.4 is 0 Å². The van der Waals surface area contributed by atoms with Crippen LogP contribution in [-0.4, -0.2) is 47.0 Å². The van der Waals surface area contributed by atoms with Crippen molar-refractivity contribution in [3.8, 4) is 0 Å². The van der Waals surface area contributed by atoms with Crippen molar-refractivity contribution >= 4 is 23.2 Å². The van der Waals surface area contributed by atoms with E-state index in [-0.39, 0.29) is 0 Å². The Bertz CT molecular complexity index is 413. The van der Waals surface area contributed by atoms with Gasteiger partial charge in [-0.25, -0.2) is 4.98 Å². The fourth-order valence-electron chi connectivity index (χ4n) is 2.44. The molecule has 1 saturated heterocycles. The summed E-state index contributed by atoms with van der Waals surface area (Å²) in [5.74, 6) is 0. The van der Waals surface area contributed by atoms with Crippen molar-refractivity contribution < 1.29 is 0 Å². The molecule has 18 heavy (non-hydrogen) atoms. The highest BCUT2D eigenvalue weighted by atomic mass is 35.5. The molecule has 1 fully saturated rings. The minimum absolute atomic E-state index is 0.448. The Hall–Kier alpha value is -0.350. The highest BCUT2D eigenvalue weighted by molar-refractivity contribution is 6.34. The van der Waals surface area contributed by atoms with Gasteiger partial charge in [0.1, 0.15) is 5.15 Å². The van der Waals surface area contributed by atoms with Gasteiger partial charge in [-0.15, -0.1) is 0 Å². The molecule has 2 heterocycles. The smallest absolute Gasteiger partial charge is 0.130 e. The second-order valence-corrected chi connectivity index (χ2v) is 5.95. The number of pyridine rings is 1. The topological polar surface area (TPSA) is 19.4 Å². The van der Waals surface area contributed by atoms with Crippen molar-refractivity contribution in [2.24, 2.45) is 0 Å². The van der Waals surface area contributed by atoms with Crippen molar-refractivity contribution in [2.45, 2.75) is 32.5 Å². The normalized spacial score (nSPS) is 26.5.